The van der Waals surface area contributed by atoms with Crippen LogP contribution in [0.1, 0.15) is 207 Å². The van der Waals surface area contributed by atoms with Crippen molar-refractivity contribution in [3.63, 3.8) is 0 Å². The summed E-state index contributed by atoms with van der Waals surface area (Å²) in [7, 11) is 0. The van der Waals surface area contributed by atoms with Crippen molar-refractivity contribution >= 4 is 88.6 Å². The number of amides is 13. The van der Waals surface area contributed by atoms with Crippen LogP contribution in [-0.4, -0.2) is 209 Å². The quantitative estimate of drug-likeness (QED) is 0.0326. The van der Waals surface area contributed by atoms with E-state index in [0.717, 1.165) is 0 Å². The normalized spacial score (nSPS) is 15.8. The molecule has 15 atom stereocenters. The fourth-order valence-electron chi connectivity index (χ4n) is 11.9. The molecule has 1 aromatic rings. The van der Waals surface area contributed by atoms with Crippen LogP contribution in [0.2, 0.25) is 0 Å². The Bertz CT molecular complexity index is 3160. The molecule has 0 radical (unpaired) electrons. The van der Waals surface area contributed by atoms with Crippen LogP contribution in [0.4, 0.5) is 0 Å². The van der Waals surface area contributed by atoms with Crippen molar-refractivity contribution in [3.8, 4) is 5.75 Å². The summed E-state index contributed by atoms with van der Waals surface area (Å²) in [5, 5.41) is 66.3. The number of aromatic hydroxyl groups is 1. The molecule has 0 saturated heterocycles. The minimum Gasteiger partial charge on any atom is -0.508 e. The molecule has 0 fully saturated rings. The Kier molecular flexibility index (Phi) is 49.1. The molecule has 1 rings (SSSR count). The van der Waals surface area contributed by atoms with Gasteiger partial charge in [-0.25, -0.2) is 0 Å². The number of hydrogen-bond acceptors (Lipinski definition) is 20. The standard InChI is InChI=1S/C79H140N16O16S/c1-19-49(16)65(95-71(103)56(29-26-37-82)84-69(101)57(34-38-112-18)86-67(99)53(21-3)83-79(111)66(98)50(17)20-2)78(110)94-64(48(14)15)77(109)93-63(47(12)13)75(107)87-55(28-23-25-36-81)70(102)92-62(46(10)11)76(108)90-59(40-44(6)7)72(104)85-54(27-22-24-35-80)68(100)89-60(41-51-30-32-52(97)33-31-51)74(106)88-58(39-43(4)5)73(105)91-61(42-96)45(8)9/h21,30-33,43-50,54-66,96-98H,19-20,22-29,34-42,80-82H2,1-18H3,(H,83,111)(H,84,101)(H,85,104)(H,86,99)(H,87,107)(H,88,106)(H,89,100)(H,90,108)(H,91,105)(H,92,102)(H,93,109)(H,94,110)(H,95,103)/b53-21+/t49-,50-,54-,55+,56+,57-,58-,59+,60+,61+,62-,63-,64-,65-,66-/m0/s1. The number of carbonyl (C=O) groups excluding carboxylic acids is 13. The molecule has 13 amide bonds. The minimum absolute atomic E-state index is 0.0222. The average Bonchev–Trinajstić information content (AvgIpc) is 0.850. The number of thioether (sulfide) groups is 1. The topological polar surface area (TPSA) is 517 Å². The Hall–Kier alpha value is -7.98. The van der Waals surface area contributed by atoms with Gasteiger partial charge in [0.2, 0.25) is 65.0 Å². The number of rotatable bonds is 55. The summed E-state index contributed by atoms with van der Waals surface area (Å²) in [5.74, 6) is -12.7. The third-order valence-electron chi connectivity index (χ3n) is 19.5. The molecule has 1 aromatic carbocycles. The lowest BCUT2D eigenvalue weighted by Crippen LogP contribution is -2.62. The number of carbonyl (C=O) groups is 13. The molecule has 0 heterocycles. The van der Waals surface area contributed by atoms with Crippen molar-refractivity contribution in [1.82, 2.24) is 69.1 Å². The molecule has 112 heavy (non-hydrogen) atoms. The second-order valence-electron chi connectivity index (χ2n) is 31.4. The zero-order chi connectivity index (χ0) is 85.2. The summed E-state index contributed by atoms with van der Waals surface area (Å²) < 4.78 is 0. The summed E-state index contributed by atoms with van der Waals surface area (Å²) in [6.07, 6.45) is 4.78. The molecule has 0 aromatic heterocycles. The van der Waals surface area contributed by atoms with Gasteiger partial charge in [0.05, 0.1) is 12.6 Å². The number of phenols is 1. The zero-order valence-corrected chi connectivity index (χ0v) is 70.6. The van der Waals surface area contributed by atoms with Crippen LogP contribution in [0.15, 0.2) is 36.0 Å². The Labute approximate surface area is 668 Å². The van der Waals surface area contributed by atoms with E-state index in [4.69, 9.17) is 17.2 Å². The monoisotopic (exact) mass is 1600 g/mol. The van der Waals surface area contributed by atoms with Crippen LogP contribution in [-0.2, 0) is 68.7 Å². The van der Waals surface area contributed by atoms with E-state index in [2.05, 4.69) is 69.1 Å². The van der Waals surface area contributed by atoms with Crippen molar-refractivity contribution < 1.29 is 77.6 Å². The first kappa shape index (κ1) is 102. The molecule has 638 valence electrons. The van der Waals surface area contributed by atoms with Gasteiger partial charge in [0.25, 0.3) is 11.8 Å². The maximum atomic E-state index is 14.7. The van der Waals surface area contributed by atoms with Gasteiger partial charge in [-0.05, 0) is 174 Å². The van der Waals surface area contributed by atoms with Gasteiger partial charge in [0.1, 0.15) is 84.0 Å². The first-order valence-corrected chi connectivity index (χ1v) is 41.4. The molecule has 22 N–H and O–H groups in total. The van der Waals surface area contributed by atoms with E-state index in [1.165, 1.54) is 36.9 Å². The van der Waals surface area contributed by atoms with E-state index < -0.39 is 185 Å². The second kappa shape index (κ2) is 53.9. The Morgan fingerprint density at radius 1 is 0.411 bits per heavy atom. The van der Waals surface area contributed by atoms with Gasteiger partial charge >= 0.3 is 0 Å². The SMILES string of the molecule is C/C=C(/NC(=O)[C@@H](O)[C@@H](C)CC)C(=O)N[C@@H](CCSC)C(=O)N[C@H](CCCN)C(=O)N[C@H](C(=O)N[C@H](C(=O)N[C@H](C(=O)N[C@H](CCCCN)C(=O)N[C@H](C(=O)N[C@H](CC(C)C)C(=O)N[C@@H](CCCCN)C(=O)N[C@H](Cc1ccc(O)cc1)C(=O)N[C@@H](CC(C)C)C(=O)N[C@H](CO)C(C)C)C(C)C)C(C)C)C(C)C)[C@@H](C)CC. The predicted octanol–water partition coefficient (Wildman–Crippen LogP) is 1.68. The van der Waals surface area contributed by atoms with Gasteiger partial charge in [-0.3, -0.25) is 62.3 Å². The van der Waals surface area contributed by atoms with Crippen LogP contribution in [0.3, 0.4) is 0 Å². The Morgan fingerprint density at radius 3 is 1.16 bits per heavy atom. The van der Waals surface area contributed by atoms with Gasteiger partial charge in [-0.15, -0.1) is 0 Å². The van der Waals surface area contributed by atoms with E-state index in [9.17, 15) is 77.6 Å². The minimum atomic E-state index is -1.40. The summed E-state index contributed by atoms with van der Waals surface area (Å²) in [5.41, 5.74) is 18.0. The molecule has 0 aliphatic heterocycles. The van der Waals surface area contributed by atoms with Crippen LogP contribution < -0.4 is 86.3 Å². The van der Waals surface area contributed by atoms with E-state index in [0.29, 0.717) is 49.8 Å². The number of allylic oxidation sites excluding steroid dienone is 1. The van der Waals surface area contributed by atoms with Gasteiger partial charge < -0.3 is 102 Å². The number of nitrogens with two attached hydrogens (primary N) is 3. The van der Waals surface area contributed by atoms with Crippen LogP contribution in [0.25, 0.3) is 0 Å². The summed E-state index contributed by atoms with van der Waals surface area (Å²) in [6.45, 7) is 29.8. The van der Waals surface area contributed by atoms with E-state index in [1.54, 1.807) is 87.6 Å². The smallest absolute Gasteiger partial charge is 0.268 e. The highest BCUT2D eigenvalue weighted by Crippen LogP contribution is 2.19. The summed E-state index contributed by atoms with van der Waals surface area (Å²) in [4.78, 5) is 186. The van der Waals surface area contributed by atoms with Gasteiger partial charge in [-0.2, -0.15) is 11.8 Å². The molecular formula is C79H140N16O16S. The molecule has 33 heteroatoms. The predicted molar refractivity (Wildman–Crippen MR) is 434 cm³/mol. The van der Waals surface area contributed by atoms with Gasteiger partial charge in [0.15, 0.2) is 0 Å². The van der Waals surface area contributed by atoms with Crippen LogP contribution in [0, 0.1) is 47.3 Å². The molecule has 0 aliphatic carbocycles. The lowest BCUT2D eigenvalue weighted by Gasteiger charge is -2.31. The van der Waals surface area contributed by atoms with Crippen molar-refractivity contribution in [2.75, 3.05) is 38.2 Å². The first-order valence-electron chi connectivity index (χ1n) is 40.0. The summed E-state index contributed by atoms with van der Waals surface area (Å²) >= 11 is 1.40. The highest BCUT2D eigenvalue weighted by Gasteiger charge is 2.40. The first-order chi connectivity index (χ1) is 52.7. The lowest BCUT2D eigenvalue weighted by molar-refractivity contribution is -0.137. The van der Waals surface area contributed by atoms with E-state index >= 15 is 0 Å². The third-order valence-corrected chi connectivity index (χ3v) is 20.2. The molecule has 0 saturated carbocycles. The molecule has 0 bridgehead atoms. The van der Waals surface area contributed by atoms with E-state index in [1.807, 2.05) is 41.5 Å². The largest absolute Gasteiger partial charge is 0.508 e. The number of hydrogen-bond donors (Lipinski definition) is 19. The second-order valence-corrected chi connectivity index (χ2v) is 32.4. The van der Waals surface area contributed by atoms with Crippen molar-refractivity contribution in [2.24, 2.45) is 64.5 Å². The van der Waals surface area contributed by atoms with Crippen molar-refractivity contribution in [2.45, 2.75) is 286 Å². The Morgan fingerprint density at radius 2 is 0.759 bits per heavy atom. The van der Waals surface area contributed by atoms with Crippen molar-refractivity contribution in [1.29, 1.82) is 0 Å². The number of phenolic OH excluding ortho intramolecular Hbond substituents is 1. The lowest BCUT2D eigenvalue weighted by atomic mass is 9.95. The summed E-state index contributed by atoms with van der Waals surface area (Å²) in [6, 6.07) is -8.63. The number of nitrogens with one attached hydrogen (secondary N) is 13. The highest BCUT2D eigenvalue weighted by atomic mass is 32.2. The third kappa shape index (κ3) is 36.9. The Balaban J connectivity index is 3.64. The fourth-order valence-corrected chi connectivity index (χ4v) is 12.4. The fraction of sp³-hybridized carbons (Fsp3) is 0.734. The molecule has 0 aliphatic rings. The highest BCUT2D eigenvalue weighted by molar-refractivity contribution is 7.98. The maximum Gasteiger partial charge on any atom is 0.268 e. The molecular weight excluding hydrogens is 1460 g/mol. The maximum absolute atomic E-state index is 14.7. The average molecular weight is 1600 g/mol. The van der Waals surface area contributed by atoms with Crippen LogP contribution in [0.5, 0.6) is 5.75 Å². The van der Waals surface area contributed by atoms with Gasteiger partial charge in [-0.1, -0.05) is 142 Å². The molecule has 32 nitrogen and oxygen atoms in total. The number of aliphatic hydroxyl groups is 2. The van der Waals surface area contributed by atoms with Crippen molar-refractivity contribution in [3.05, 3.63) is 41.6 Å². The number of aliphatic hydroxyl groups excluding tert-OH is 2. The zero-order valence-electron chi connectivity index (χ0n) is 69.7. The van der Waals surface area contributed by atoms with E-state index in [-0.39, 0.29) is 107 Å². The number of benzene rings is 1. The molecule has 0 spiro atoms. The number of unbranched alkanes of at least 4 members (excludes halogenated alkanes) is 2. The molecule has 0 unspecified atom stereocenters. The van der Waals surface area contributed by atoms with Crippen LogP contribution >= 0.6 is 11.8 Å². The van der Waals surface area contributed by atoms with Gasteiger partial charge in [0, 0.05) is 6.42 Å².